The highest BCUT2D eigenvalue weighted by molar-refractivity contribution is 5.95. The standard InChI is InChI=1S/C30H36N4O5/c1-19-15-21(23-7-5-6-8-25(23)31-19)18-39-22-11-9-20(10-12-22)28(36)32-26-13-14-34(17-24(26)29(37)33-38)27(35)16-30(2,3)4/h5-12,15,24,26,38H,13-14,16-18H2,1-4H3,(H,32,36)(H,33,37)/t24-,26+/m0/s1. The molecule has 9 nitrogen and oxygen atoms in total. The number of piperidine rings is 1. The van der Waals surface area contributed by atoms with Crippen LogP contribution in [0.15, 0.2) is 54.6 Å². The number of nitrogens with one attached hydrogen (secondary N) is 2. The molecule has 4 rings (SSSR count). The molecule has 206 valence electrons. The predicted molar refractivity (Wildman–Crippen MR) is 147 cm³/mol. The number of likely N-dealkylation sites (tertiary alicyclic amines) is 1. The van der Waals surface area contributed by atoms with Gasteiger partial charge < -0.3 is 15.0 Å². The zero-order chi connectivity index (χ0) is 28.2. The second-order valence-corrected chi connectivity index (χ2v) is 11.3. The van der Waals surface area contributed by atoms with Crippen molar-refractivity contribution in [2.75, 3.05) is 13.1 Å². The van der Waals surface area contributed by atoms with E-state index in [-0.39, 0.29) is 23.8 Å². The summed E-state index contributed by atoms with van der Waals surface area (Å²) in [6.07, 6.45) is 0.753. The van der Waals surface area contributed by atoms with E-state index in [9.17, 15) is 19.6 Å². The Morgan fingerprint density at radius 1 is 1.10 bits per heavy atom. The molecule has 1 aliphatic heterocycles. The van der Waals surface area contributed by atoms with Crippen molar-refractivity contribution < 1.29 is 24.3 Å². The number of aromatic nitrogens is 1. The van der Waals surface area contributed by atoms with Crippen LogP contribution in [-0.2, 0) is 16.2 Å². The molecule has 0 bridgehead atoms. The average Bonchev–Trinajstić information content (AvgIpc) is 2.90. The van der Waals surface area contributed by atoms with Crippen molar-refractivity contribution in [1.82, 2.24) is 20.7 Å². The molecule has 3 N–H and O–H groups in total. The van der Waals surface area contributed by atoms with Gasteiger partial charge in [0.1, 0.15) is 12.4 Å². The lowest BCUT2D eigenvalue weighted by Gasteiger charge is -2.38. The second-order valence-electron chi connectivity index (χ2n) is 11.3. The first-order valence-corrected chi connectivity index (χ1v) is 13.1. The zero-order valence-electron chi connectivity index (χ0n) is 22.9. The van der Waals surface area contributed by atoms with Crippen molar-refractivity contribution >= 4 is 28.6 Å². The zero-order valence-corrected chi connectivity index (χ0v) is 22.9. The Balaban J connectivity index is 1.38. The largest absolute Gasteiger partial charge is 0.489 e. The number of rotatable bonds is 7. The maximum Gasteiger partial charge on any atom is 0.251 e. The summed E-state index contributed by atoms with van der Waals surface area (Å²) in [7, 11) is 0. The van der Waals surface area contributed by atoms with Crippen molar-refractivity contribution in [2.45, 2.75) is 53.2 Å². The smallest absolute Gasteiger partial charge is 0.251 e. The number of aryl methyl sites for hydroxylation is 1. The molecule has 0 unspecified atom stereocenters. The molecule has 1 aliphatic rings. The summed E-state index contributed by atoms with van der Waals surface area (Å²) in [6, 6.07) is 16.2. The summed E-state index contributed by atoms with van der Waals surface area (Å²) in [6.45, 7) is 8.80. The van der Waals surface area contributed by atoms with Gasteiger partial charge in [0.05, 0.1) is 11.4 Å². The Morgan fingerprint density at radius 3 is 2.51 bits per heavy atom. The first-order chi connectivity index (χ1) is 18.5. The van der Waals surface area contributed by atoms with E-state index in [1.165, 1.54) is 0 Å². The molecule has 2 aromatic carbocycles. The van der Waals surface area contributed by atoms with Crippen molar-refractivity contribution in [3.63, 3.8) is 0 Å². The van der Waals surface area contributed by atoms with Crippen LogP contribution in [0.25, 0.3) is 10.9 Å². The van der Waals surface area contributed by atoms with E-state index in [1.807, 2.05) is 58.0 Å². The topological polar surface area (TPSA) is 121 Å². The number of nitrogens with zero attached hydrogens (tertiary/aromatic N) is 2. The van der Waals surface area contributed by atoms with Crippen LogP contribution < -0.4 is 15.5 Å². The third kappa shape index (κ3) is 7.11. The number of hydrogen-bond donors (Lipinski definition) is 3. The highest BCUT2D eigenvalue weighted by Crippen LogP contribution is 2.25. The van der Waals surface area contributed by atoms with Gasteiger partial charge in [-0.25, -0.2) is 5.48 Å². The molecular weight excluding hydrogens is 496 g/mol. The van der Waals surface area contributed by atoms with Crippen LogP contribution in [0.5, 0.6) is 5.75 Å². The molecule has 1 fully saturated rings. The number of benzene rings is 2. The number of ether oxygens (including phenoxy) is 1. The third-order valence-corrected chi connectivity index (χ3v) is 6.85. The molecule has 0 spiro atoms. The summed E-state index contributed by atoms with van der Waals surface area (Å²) >= 11 is 0. The number of fused-ring (bicyclic) bond motifs is 1. The van der Waals surface area contributed by atoms with Crippen LogP contribution in [0.3, 0.4) is 0 Å². The van der Waals surface area contributed by atoms with Crippen LogP contribution in [0, 0.1) is 18.3 Å². The lowest BCUT2D eigenvalue weighted by Crippen LogP contribution is -2.56. The van der Waals surface area contributed by atoms with E-state index < -0.39 is 17.9 Å². The van der Waals surface area contributed by atoms with Gasteiger partial charge in [0, 0.05) is 47.8 Å². The van der Waals surface area contributed by atoms with Crippen molar-refractivity contribution in [1.29, 1.82) is 0 Å². The van der Waals surface area contributed by atoms with E-state index in [1.54, 1.807) is 34.6 Å². The maximum absolute atomic E-state index is 13.0. The fraction of sp³-hybridized carbons (Fsp3) is 0.400. The molecule has 0 aliphatic carbocycles. The fourth-order valence-corrected chi connectivity index (χ4v) is 4.89. The van der Waals surface area contributed by atoms with Gasteiger partial charge in [-0.2, -0.15) is 0 Å². The van der Waals surface area contributed by atoms with Gasteiger partial charge in [-0.3, -0.25) is 24.6 Å². The normalized spacial score (nSPS) is 17.5. The van der Waals surface area contributed by atoms with E-state index in [0.717, 1.165) is 22.2 Å². The van der Waals surface area contributed by atoms with Crippen LogP contribution in [0.1, 0.15) is 55.2 Å². The van der Waals surface area contributed by atoms with Gasteiger partial charge in [0.2, 0.25) is 11.8 Å². The van der Waals surface area contributed by atoms with Gasteiger partial charge in [-0.05, 0) is 55.2 Å². The van der Waals surface area contributed by atoms with Crippen LogP contribution in [-0.4, -0.2) is 51.9 Å². The van der Waals surface area contributed by atoms with Crippen LogP contribution >= 0.6 is 0 Å². The van der Waals surface area contributed by atoms with Gasteiger partial charge in [-0.15, -0.1) is 0 Å². The Labute approximate surface area is 228 Å². The number of pyridine rings is 1. The number of hydrogen-bond acceptors (Lipinski definition) is 6. The first-order valence-electron chi connectivity index (χ1n) is 13.1. The highest BCUT2D eigenvalue weighted by Gasteiger charge is 2.37. The molecule has 0 saturated carbocycles. The SMILES string of the molecule is Cc1cc(COc2ccc(C(=O)N[C@@H]3CCN(C(=O)CC(C)(C)C)C[C@@H]3C(=O)NO)cc2)c2ccccc2n1. The molecule has 3 amide bonds. The summed E-state index contributed by atoms with van der Waals surface area (Å²) in [4.78, 5) is 44.3. The molecule has 9 heteroatoms. The molecule has 1 aromatic heterocycles. The average molecular weight is 533 g/mol. The quantitative estimate of drug-likeness (QED) is 0.312. The Morgan fingerprint density at radius 2 is 1.82 bits per heavy atom. The lowest BCUT2D eigenvalue weighted by atomic mass is 9.88. The molecule has 2 atom stereocenters. The minimum Gasteiger partial charge on any atom is -0.489 e. The fourth-order valence-electron chi connectivity index (χ4n) is 4.89. The maximum atomic E-state index is 13.0. The monoisotopic (exact) mass is 532 g/mol. The third-order valence-electron chi connectivity index (χ3n) is 6.85. The molecule has 2 heterocycles. The molecule has 1 saturated heterocycles. The number of amides is 3. The Hall–Kier alpha value is -3.98. The van der Waals surface area contributed by atoms with Crippen molar-refractivity contribution in [3.05, 3.63) is 71.4 Å². The van der Waals surface area contributed by atoms with Gasteiger partial charge in [0.25, 0.3) is 5.91 Å². The van der Waals surface area contributed by atoms with Crippen LogP contribution in [0.4, 0.5) is 0 Å². The molecule has 0 radical (unpaired) electrons. The summed E-state index contributed by atoms with van der Waals surface area (Å²) in [5, 5.41) is 13.2. The van der Waals surface area contributed by atoms with E-state index in [0.29, 0.717) is 37.3 Å². The number of para-hydroxylation sites is 1. The summed E-state index contributed by atoms with van der Waals surface area (Å²) in [5.74, 6) is -1.16. The van der Waals surface area contributed by atoms with E-state index in [2.05, 4.69) is 10.3 Å². The van der Waals surface area contributed by atoms with Crippen molar-refractivity contribution in [3.8, 4) is 5.75 Å². The van der Waals surface area contributed by atoms with Crippen molar-refractivity contribution in [2.24, 2.45) is 11.3 Å². The second kappa shape index (κ2) is 11.8. The Kier molecular flexibility index (Phi) is 8.50. The predicted octanol–water partition coefficient (Wildman–Crippen LogP) is 4.01. The molecule has 39 heavy (non-hydrogen) atoms. The van der Waals surface area contributed by atoms with E-state index >= 15 is 0 Å². The number of carbonyl (C=O) groups excluding carboxylic acids is 3. The summed E-state index contributed by atoms with van der Waals surface area (Å²) < 4.78 is 5.99. The molecular formula is C30H36N4O5. The number of hydroxylamine groups is 1. The summed E-state index contributed by atoms with van der Waals surface area (Å²) in [5.41, 5.74) is 4.78. The number of carbonyl (C=O) groups is 3. The van der Waals surface area contributed by atoms with Crippen LogP contribution in [0.2, 0.25) is 0 Å². The molecule has 3 aromatic rings. The highest BCUT2D eigenvalue weighted by atomic mass is 16.5. The van der Waals surface area contributed by atoms with Gasteiger partial charge in [-0.1, -0.05) is 39.0 Å². The van der Waals surface area contributed by atoms with Gasteiger partial charge >= 0.3 is 0 Å². The Bertz CT molecular complexity index is 1350. The first kappa shape index (κ1) is 28.0. The van der Waals surface area contributed by atoms with Gasteiger partial charge in [0.15, 0.2) is 0 Å². The van der Waals surface area contributed by atoms with E-state index in [4.69, 9.17) is 4.74 Å². The minimum absolute atomic E-state index is 0.0477. The minimum atomic E-state index is -0.766. The lowest BCUT2D eigenvalue weighted by molar-refractivity contribution is -0.141.